The van der Waals surface area contributed by atoms with Crippen molar-refractivity contribution in [3.8, 4) is 5.75 Å². The van der Waals surface area contributed by atoms with Gasteiger partial charge in [0.05, 0.1) is 20.6 Å². The van der Waals surface area contributed by atoms with E-state index in [0.717, 1.165) is 16.2 Å². The van der Waals surface area contributed by atoms with Gasteiger partial charge in [-0.15, -0.1) is 0 Å². The molecule has 6 nitrogen and oxygen atoms in total. The molecule has 3 aromatic rings. The number of thioether (sulfide) groups is 1. The van der Waals surface area contributed by atoms with Crippen molar-refractivity contribution in [2.75, 3.05) is 16.8 Å². The second-order valence-corrected chi connectivity index (χ2v) is 10.4. The number of benzene rings is 3. The molecule has 0 atom stereocenters. The first-order chi connectivity index (χ1) is 16.7. The highest BCUT2D eigenvalue weighted by atomic mass is 79.9. The average molecular weight is 612 g/mol. The number of nitrogens with zero attached hydrogens (tertiary/aromatic N) is 1. The standard InChI is InChI=1S/C24H15BrCl3N3O3S/c25-14-1-8-20(34-12-22(32)30-16-4-2-15(26)3-5-16)13(9-14)10-21-23(33)31(24(29)35-21)17-6-7-18(27)19(28)11-17/h1-11,29H,12H2,(H,30,32)/b21-10-,29-24?. The molecule has 0 aromatic heterocycles. The Morgan fingerprint density at radius 2 is 1.80 bits per heavy atom. The van der Waals surface area contributed by atoms with Crippen LogP contribution in [0.3, 0.4) is 0 Å². The van der Waals surface area contributed by atoms with Gasteiger partial charge in [0.15, 0.2) is 11.8 Å². The quantitative estimate of drug-likeness (QED) is 0.283. The molecule has 0 unspecified atom stereocenters. The average Bonchev–Trinajstić information content (AvgIpc) is 3.09. The van der Waals surface area contributed by atoms with Crippen molar-refractivity contribution in [3.05, 3.63) is 90.7 Å². The molecule has 11 heteroatoms. The fourth-order valence-electron chi connectivity index (χ4n) is 3.12. The first-order valence-corrected chi connectivity index (χ1v) is 12.7. The van der Waals surface area contributed by atoms with Gasteiger partial charge in [-0.05, 0) is 78.5 Å². The number of carbonyl (C=O) groups excluding carboxylic acids is 2. The van der Waals surface area contributed by atoms with Gasteiger partial charge in [-0.3, -0.25) is 19.9 Å². The number of ether oxygens (including phenoxy) is 1. The molecule has 0 bridgehead atoms. The largest absolute Gasteiger partial charge is 0.483 e. The van der Waals surface area contributed by atoms with Gasteiger partial charge in [0.1, 0.15) is 5.75 Å². The number of nitrogens with one attached hydrogen (secondary N) is 2. The van der Waals surface area contributed by atoms with Gasteiger partial charge in [-0.1, -0.05) is 50.7 Å². The van der Waals surface area contributed by atoms with Gasteiger partial charge in [-0.2, -0.15) is 0 Å². The molecule has 0 spiro atoms. The number of hydrogen-bond acceptors (Lipinski definition) is 5. The van der Waals surface area contributed by atoms with E-state index >= 15 is 0 Å². The Bertz CT molecular complexity index is 1370. The van der Waals surface area contributed by atoms with E-state index in [1.54, 1.807) is 60.7 Å². The number of carbonyl (C=O) groups is 2. The second kappa shape index (κ2) is 11.1. The maximum atomic E-state index is 13.1. The maximum Gasteiger partial charge on any atom is 0.271 e. The third-order valence-corrected chi connectivity index (χ3v) is 7.10. The van der Waals surface area contributed by atoms with Crippen LogP contribution < -0.4 is 15.0 Å². The topological polar surface area (TPSA) is 82.5 Å². The molecule has 0 radical (unpaired) electrons. The van der Waals surface area contributed by atoms with Crippen molar-refractivity contribution in [2.45, 2.75) is 0 Å². The van der Waals surface area contributed by atoms with E-state index in [4.69, 9.17) is 44.9 Å². The summed E-state index contributed by atoms with van der Waals surface area (Å²) in [6.45, 7) is -0.243. The Kier molecular flexibility index (Phi) is 8.09. The second-order valence-electron chi connectivity index (χ2n) is 7.18. The fourth-order valence-corrected chi connectivity index (χ4v) is 4.77. The molecule has 4 rings (SSSR count). The van der Waals surface area contributed by atoms with Crippen molar-refractivity contribution in [2.24, 2.45) is 0 Å². The lowest BCUT2D eigenvalue weighted by Gasteiger charge is -2.15. The zero-order valence-corrected chi connectivity index (χ0v) is 22.3. The highest BCUT2D eigenvalue weighted by molar-refractivity contribution is 9.10. The predicted molar refractivity (Wildman–Crippen MR) is 147 cm³/mol. The van der Waals surface area contributed by atoms with Crippen LogP contribution in [0, 0.1) is 5.41 Å². The van der Waals surface area contributed by atoms with Crippen LogP contribution in [0.15, 0.2) is 70.0 Å². The number of amidine groups is 1. The molecule has 1 aliphatic rings. The number of rotatable bonds is 6. The highest BCUT2D eigenvalue weighted by Gasteiger charge is 2.34. The van der Waals surface area contributed by atoms with Crippen LogP contribution in [0.25, 0.3) is 6.08 Å². The minimum Gasteiger partial charge on any atom is -0.483 e. The minimum absolute atomic E-state index is 0.0273. The molecule has 1 fully saturated rings. The van der Waals surface area contributed by atoms with Crippen molar-refractivity contribution >= 4 is 96.9 Å². The van der Waals surface area contributed by atoms with E-state index in [9.17, 15) is 9.59 Å². The van der Waals surface area contributed by atoms with Crippen LogP contribution in [0.2, 0.25) is 15.1 Å². The summed E-state index contributed by atoms with van der Waals surface area (Å²) < 4.78 is 6.50. The zero-order valence-electron chi connectivity index (χ0n) is 17.7. The lowest BCUT2D eigenvalue weighted by atomic mass is 10.2. The summed E-state index contributed by atoms with van der Waals surface area (Å²) in [7, 11) is 0. The van der Waals surface area contributed by atoms with Crippen molar-refractivity contribution in [3.63, 3.8) is 0 Å². The predicted octanol–water partition coefficient (Wildman–Crippen LogP) is 7.48. The third kappa shape index (κ3) is 6.20. The molecule has 2 amide bonds. The van der Waals surface area contributed by atoms with Crippen LogP contribution in [0.4, 0.5) is 11.4 Å². The SMILES string of the molecule is N=C1S/C(=C\c2cc(Br)ccc2OCC(=O)Nc2ccc(Cl)cc2)C(=O)N1c1ccc(Cl)c(Cl)c1. The Balaban J connectivity index is 1.52. The fraction of sp³-hybridized carbons (Fsp3) is 0.0417. The molecular weight excluding hydrogens is 597 g/mol. The van der Waals surface area contributed by atoms with Gasteiger partial charge in [-0.25, -0.2) is 0 Å². The minimum atomic E-state index is -0.384. The molecule has 0 aliphatic carbocycles. The zero-order chi connectivity index (χ0) is 25.1. The van der Waals surface area contributed by atoms with E-state index in [-0.39, 0.29) is 28.6 Å². The molecule has 1 saturated heterocycles. The lowest BCUT2D eigenvalue weighted by Crippen LogP contribution is -2.28. The van der Waals surface area contributed by atoms with E-state index in [1.807, 2.05) is 0 Å². The molecular formula is C24H15BrCl3N3O3S. The summed E-state index contributed by atoms with van der Waals surface area (Å²) in [5, 5.41) is 12.3. The van der Waals surface area contributed by atoms with Gasteiger partial charge in [0, 0.05) is 20.7 Å². The van der Waals surface area contributed by atoms with Gasteiger partial charge in [0.25, 0.3) is 11.8 Å². The highest BCUT2D eigenvalue weighted by Crippen LogP contribution is 2.38. The molecule has 0 saturated carbocycles. The van der Waals surface area contributed by atoms with Crippen molar-refractivity contribution < 1.29 is 14.3 Å². The van der Waals surface area contributed by atoms with Crippen LogP contribution >= 0.6 is 62.5 Å². The molecule has 1 heterocycles. The summed E-state index contributed by atoms with van der Waals surface area (Å²) in [4.78, 5) is 27.0. The van der Waals surface area contributed by atoms with Gasteiger partial charge in [0.2, 0.25) is 0 Å². The Morgan fingerprint density at radius 1 is 1.06 bits per heavy atom. The Morgan fingerprint density at radius 3 is 2.51 bits per heavy atom. The van der Waals surface area contributed by atoms with Crippen LogP contribution in [0.1, 0.15) is 5.56 Å². The number of halogens is 4. The molecule has 3 aromatic carbocycles. The van der Waals surface area contributed by atoms with Crippen molar-refractivity contribution in [1.29, 1.82) is 5.41 Å². The van der Waals surface area contributed by atoms with Crippen molar-refractivity contribution in [1.82, 2.24) is 0 Å². The molecule has 2 N–H and O–H groups in total. The number of hydrogen-bond donors (Lipinski definition) is 2. The van der Waals surface area contributed by atoms with E-state index < -0.39 is 0 Å². The number of amides is 2. The molecule has 35 heavy (non-hydrogen) atoms. The first kappa shape index (κ1) is 25.6. The Hall–Kier alpha value is -2.49. The summed E-state index contributed by atoms with van der Waals surface area (Å²) >= 11 is 22.4. The summed E-state index contributed by atoms with van der Waals surface area (Å²) in [5.41, 5.74) is 1.60. The number of anilines is 2. The smallest absolute Gasteiger partial charge is 0.271 e. The van der Waals surface area contributed by atoms with E-state index in [2.05, 4.69) is 21.2 Å². The molecule has 1 aliphatic heterocycles. The lowest BCUT2D eigenvalue weighted by molar-refractivity contribution is -0.118. The normalized spacial score (nSPS) is 14.5. The summed E-state index contributed by atoms with van der Waals surface area (Å²) in [6, 6.07) is 16.7. The first-order valence-electron chi connectivity index (χ1n) is 9.96. The maximum absolute atomic E-state index is 13.1. The van der Waals surface area contributed by atoms with Crippen LogP contribution in [-0.4, -0.2) is 23.6 Å². The van der Waals surface area contributed by atoms with E-state index in [1.165, 1.54) is 11.0 Å². The van der Waals surface area contributed by atoms with Crippen LogP contribution in [0.5, 0.6) is 5.75 Å². The van der Waals surface area contributed by atoms with E-state index in [0.29, 0.717) is 37.6 Å². The van der Waals surface area contributed by atoms with Gasteiger partial charge < -0.3 is 10.1 Å². The van der Waals surface area contributed by atoms with Gasteiger partial charge >= 0.3 is 0 Å². The summed E-state index contributed by atoms with van der Waals surface area (Å²) in [5.74, 6) is -0.336. The van der Waals surface area contributed by atoms with Crippen LogP contribution in [-0.2, 0) is 9.59 Å². The summed E-state index contributed by atoms with van der Waals surface area (Å²) in [6.07, 6.45) is 1.62. The third-order valence-electron chi connectivity index (χ3n) is 4.73. The monoisotopic (exact) mass is 609 g/mol. The molecule has 178 valence electrons. The Labute approximate surface area is 228 Å².